The maximum Gasteiger partial charge on any atom is 0.335 e. The Morgan fingerprint density at radius 1 is 0.795 bits per heavy atom. The number of hydrogen-bond donors (Lipinski definition) is 6. The number of carbonyl (C=O) groups is 1. The van der Waals surface area contributed by atoms with Gasteiger partial charge < -0.3 is 38.0 Å². The summed E-state index contributed by atoms with van der Waals surface area (Å²) in [5.41, 5.74) is 25.9. The van der Waals surface area contributed by atoms with E-state index in [1.165, 1.54) is 6.20 Å². The van der Waals surface area contributed by atoms with Gasteiger partial charge in [0.1, 0.15) is 0 Å². The van der Waals surface area contributed by atoms with Crippen LogP contribution < -0.4 is 27.8 Å². The normalized spacial score (nSPS) is 10.4. The molecule has 0 aliphatic heterocycles. The van der Waals surface area contributed by atoms with E-state index in [0.717, 1.165) is 5.69 Å². The highest BCUT2D eigenvalue weighted by molar-refractivity contribution is 5.88. The van der Waals surface area contributed by atoms with Crippen LogP contribution in [0.4, 0.5) is 29.2 Å². The molecule has 0 unspecified atom stereocenters. The lowest BCUT2D eigenvalue weighted by molar-refractivity contribution is 0.0697. The zero-order valence-corrected chi connectivity index (χ0v) is 21.2. The first-order valence-corrected chi connectivity index (χ1v) is 10.9. The fourth-order valence-electron chi connectivity index (χ4n) is 3.31. The molecule has 16 nitrogen and oxygen atoms in total. The van der Waals surface area contributed by atoms with Crippen molar-refractivity contribution in [3.63, 3.8) is 0 Å². The Labute approximate surface area is 226 Å². The van der Waals surface area contributed by atoms with Crippen molar-refractivity contribution in [2.45, 2.75) is 13.2 Å². The molecular weight excluding hydrogens is 530 g/mol. The molecule has 0 saturated carbocycles. The zero-order valence-electron chi connectivity index (χ0n) is 20.4. The summed E-state index contributed by atoms with van der Waals surface area (Å²) in [6, 6.07) is 6.57. The number of aromatic nitrogens is 8. The molecule has 17 heteroatoms. The third kappa shape index (κ3) is 6.56. The summed E-state index contributed by atoms with van der Waals surface area (Å²) in [6.45, 7) is 0.256. The van der Waals surface area contributed by atoms with E-state index >= 15 is 0 Å². The molecule has 0 amide bonds. The number of nitrogen functional groups attached to an aromatic ring is 4. The minimum absolute atomic E-state index is 0. The molecule has 0 spiro atoms. The number of aromatic carboxylic acids is 1. The van der Waals surface area contributed by atoms with E-state index in [1.54, 1.807) is 30.5 Å². The summed E-state index contributed by atoms with van der Waals surface area (Å²) in [5, 5.41) is 17.8. The van der Waals surface area contributed by atoms with Gasteiger partial charge in [-0.05, 0) is 24.3 Å². The number of anilines is 5. The van der Waals surface area contributed by atoms with Crippen molar-refractivity contribution in [3.8, 4) is 0 Å². The summed E-state index contributed by atoms with van der Waals surface area (Å²) in [7, 11) is 1.87. The van der Waals surface area contributed by atoms with Gasteiger partial charge in [0, 0.05) is 12.7 Å². The second kappa shape index (κ2) is 11.9. The van der Waals surface area contributed by atoms with E-state index in [1.807, 2.05) is 11.9 Å². The molecule has 0 aliphatic rings. The SMILES string of the molecule is CN(Cc1cnc2nc(N)nc(N)c2n1)c1ccc(C(=O)O)cc1.Cl.Nc1nc(N)c2nc(CO)cnc2n1. The van der Waals surface area contributed by atoms with Gasteiger partial charge in [-0.1, -0.05) is 0 Å². The van der Waals surface area contributed by atoms with Crippen molar-refractivity contribution < 1.29 is 15.0 Å². The van der Waals surface area contributed by atoms with Gasteiger partial charge in [0.2, 0.25) is 11.9 Å². The second-order valence-corrected chi connectivity index (χ2v) is 7.87. The van der Waals surface area contributed by atoms with E-state index in [4.69, 9.17) is 33.1 Å². The summed E-state index contributed by atoms with van der Waals surface area (Å²) < 4.78 is 0. The number of nitrogens with zero attached hydrogens (tertiary/aromatic N) is 9. The lowest BCUT2D eigenvalue weighted by Crippen LogP contribution is -2.18. The molecular formula is C22H24ClN13O3. The number of rotatable bonds is 5. The van der Waals surface area contributed by atoms with Gasteiger partial charge in [0.05, 0.1) is 42.5 Å². The largest absolute Gasteiger partial charge is 0.478 e. The van der Waals surface area contributed by atoms with Gasteiger partial charge in [0.25, 0.3) is 0 Å². The van der Waals surface area contributed by atoms with Crippen molar-refractivity contribution in [1.82, 2.24) is 39.9 Å². The predicted octanol–water partition coefficient (Wildman–Crippen LogP) is 0.417. The predicted molar refractivity (Wildman–Crippen MR) is 147 cm³/mol. The average Bonchev–Trinajstić information content (AvgIpc) is 2.89. The number of hydrogen-bond acceptors (Lipinski definition) is 15. The number of aliphatic hydroxyl groups is 1. The Balaban J connectivity index is 0.000000239. The highest BCUT2D eigenvalue weighted by Crippen LogP contribution is 2.19. The van der Waals surface area contributed by atoms with Crippen molar-refractivity contribution in [2.24, 2.45) is 0 Å². The summed E-state index contributed by atoms with van der Waals surface area (Å²) in [6.07, 6.45) is 3.00. The Morgan fingerprint density at radius 3 is 1.77 bits per heavy atom. The molecule has 5 aromatic rings. The van der Waals surface area contributed by atoms with Crippen LogP contribution in [-0.2, 0) is 13.2 Å². The maximum absolute atomic E-state index is 10.9. The van der Waals surface area contributed by atoms with E-state index in [-0.39, 0.29) is 48.1 Å². The number of carboxylic acids is 1. The van der Waals surface area contributed by atoms with Gasteiger partial charge in [-0.15, -0.1) is 12.4 Å². The van der Waals surface area contributed by atoms with Gasteiger partial charge >= 0.3 is 5.97 Å². The first kappa shape index (κ1) is 28.4. The summed E-state index contributed by atoms with van der Waals surface area (Å²) >= 11 is 0. The third-order valence-corrected chi connectivity index (χ3v) is 5.12. The third-order valence-electron chi connectivity index (χ3n) is 5.12. The molecule has 10 N–H and O–H groups in total. The molecule has 39 heavy (non-hydrogen) atoms. The van der Waals surface area contributed by atoms with Crippen LogP contribution in [0.5, 0.6) is 0 Å². The lowest BCUT2D eigenvalue weighted by Gasteiger charge is -2.19. The summed E-state index contributed by atoms with van der Waals surface area (Å²) in [5.74, 6) is -0.506. The van der Waals surface area contributed by atoms with Crippen LogP contribution in [0.15, 0.2) is 36.7 Å². The van der Waals surface area contributed by atoms with Crippen LogP contribution in [-0.4, -0.2) is 63.1 Å². The van der Waals surface area contributed by atoms with Crippen molar-refractivity contribution in [2.75, 3.05) is 34.9 Å². The molecule has 5 rings (SSSR count). The lowest BCUT2D eigenvalue weighted by atomic mass is 10.2. The topological polar surface area (TPSA) is 268 Å². The first-order chi connectivity index (χ1) is 18.1. The number of halogens is 1. The van der Waals surface area contributed by atoms with Crippen LogP contribution in [0.3, 0.4) is 0 Å². The second-order valence-electron chi connectivity index (χ2n) is 7.87. The molecule has 0 fully saturated rings. The zero-order chi connectivity index (χ0) is 27.4. The van der Waals surface area contributed by atoms with Gasteiger partial charge in [0.15, 0.2) is 34.0 Å². The monoisotopic (exact) mass is 553 g/mol. The number of benzene rings is 1. The number of aliphatic hydroxyl groups excluding tert-OH is 1. The molecule has 4 heterocycles. The van der Waals surface area contributed by atoms with Crippen LogP contribution in [0.1, 0.15) is 21.7 Å². The Kier molecular flexibility index (Phi) is 8.64. The van der Waals surface area contributed by atoms with Crippen LogP contribution in [0.2, 0.25) is 0 Å². The molecule has 0 aliphatic carbocycles. The minimum Gasteiger partial charge on any atom is -0.478 e. The number of fused-ring (bicyclic) bond motifs is 2. The Bertz CT molecular complexity index is 1640. The molecule has 0 saturated heterocycles. The van der Waals surface area contributed by atoms with E-state index < -0.39 is 5.97 Å². The summed E-state index contributed by atoms with van der Waals surface area (Å²) in [4.78, 5) is 44.8. The molecule has 4 aromatic heterocycles. The fourth-order valence-corrected chi connectivity index (χ4v) is 3.31. The van der Waals surface area contributed by atoms with Crippen LogP contribution in [0.25, 0.3) is 22.3 Å². The molecule has 202 valence electrons. The minimum atomic E-state index is -0.959. The molecule has 0 atom stereocenters. The first-order valence-electron chi connectivity index (χ1n) is 10.9. The van der Waals surface area contributed by atoms with E-state index in [0.29, 0.717) is 40.3 Å². The van der Waals surface area contributed by atoms with Crippen LogP contribution >= 0.6 is 12.4 Å². The molecule has 1 aromatic carbocycles. The van der Waals surface area contributed by atoms with Gasteiger partial charge in [-0.3, -0.25) is 0 Å². The van der Waals surface area contributed by atoms with Crippen molar-refractivity contribution >= 4 is 69.9 Å². The van der Waals surface area contributed by atoms with E-state index in [9.17, 15) is 4.79 Å². The van der Waals surface area contributed by atoms with Crippen molar-refractivity contribution in [3.05, 3.63) is 53.6 Å². The number of carboxylic acid groups (broad SMARTS) is 1. The van der Waals surface area contributed by atoms with Crippen LogP contribution in [0, 0.1) is 0 Å². The molecule has 0 bridgehead atoms. The highest BCUT2D eigenvalue weighted by atomic mass is 35.5. The average molecular weight is 554 g/mol. The van der Waals surface area contributed by atoms with Gasteiger partial charge in [-0.2, -0.15) is 19.9 Å². The Morgan fingerprint density at radius 2 is 1.28 bits per heavy atom. The smallest absolute Gasteiger partial charge is 0.335 e. The highest BCUT2D eigenvalue weighted by Gasteiger charge is 2.11. The van der Waals surface area contributed by atoms with Crippen molar-refractivity contribution in [1.29, 1.82) is 0 Å². The fraction of sp³-hybridized carbons (Fsp3) is 0.136. The maximum atomic E-state index is 10.9. The van der Waals surface area contributed by atoms with E-state index in [2.05, 4.69) is 39.9 Å². The number of nitrogens with two attached hydrogens (primary N) is 4. The quantitative estimate of drug-likeness (QED) is 0.172. The Hall–Kier alpha value is -5.22. The van der Waals surface area contributed by atoms with Gasteiger partial charge in [-0.25, -0.2) is 24.7 Å². The molecule has 0 radical (unpaired) electrons. The standard InChI is InChI=1S/C15H15N7O2.C7H8N6O.ClH/c1-22(10-4-2-8(3-5-10)14(23)24)7-9-6-18-13-11(19-9)12(16)20-15(17)21-13;8-5-4-6(13-7(9)12-5)10-1-3(2-14)11-4;/h2-6H,7H2,1H3,(H,23,24)(H4,16,17,18,20,21);1,14H,2H2,(H4,8,9,10,12,13);1H.